The second kappa shape index (κ2) is 8.01. The number of aryl methyl sites for hydroxylation is 1. The smallest absolute Gasteiger partial charge is 0.331 e. The molecule has 2 aromatic rings. The molecule has 1 aromatic carbocycles. The van der Waals surface area contributed by atoms with Crippen molar-refractivity contribution in [2.45, 2.75) is 45.8 Å². The molecule has 1 heterocycles. The molecular weight excluding hydrogens is 364 g/mol. The number of halogens is 1. The molecule has 142 valence electrons. The third-order valence-electron chi connectivity index (χ3n) is 4.59. The molecule has 5 nitrogen and oxygen atoms in total. The van der Waals surface area contributed by atoms with Gasteiger partial charge in [-0.2, -0.15) is 0 Å². The van der Waals surface area contributed by atoms with Crippen LogP contribution in [-0.4, -0.2) is 22.5 Å². The number of aromatic nitrogens is 1. The summed E-state index contributed by atoms with van der Waals surface area (Å²) in [4.78, 5) is 24.2. The first-order chi connectivity index (χ1) is 12.8. The zero-order valence-corrected chi connectivity index (χ0v) is 16.4. The van der Waals surface area contributed by atoms with Gasteiger partial charge in [-0.3, -0.25) is 4.79 Å². The number of esters is 1. The fraction of sp³-hybridized carbons (Fsp3) is 0.333. The first kappa shape index (κ1) is 19.2. The van der Waals surface area contributed by atoms with Gasteiger partial charge in [0, 0.05) is 34.2 Å². The summed E-state index contributed by atoms with van der Waals surface area (Å²) in [6.45, 7) is 5.66. The second-order valence-electron chi connectivity index (χ2n) is 6.84. The number of ether oxygens (including phenoxy) is 1. The fourth-order valence-electron chi connectivity index (χ4n) is 3.10. The van der Waals surface area contributed by atoms with Crippen molar-refractivity contribution in [3.8, 4) is 0 Å². The predicted molar refractivity (Wildman–Crippen MR) is 107 cm³/mol. The molecule has 3 rings (SSSR count). The van der Waals surface area contributed by atoms with Gasteiger partial charge in [-0.1, -0.05) is 17.7 Å². The maximum atomic E-state index is 12.2. The number of rotatable bonds is 6. The molecule has 0 aliphatic heterocycles. The number of hydrogen-bond donors (Lipinski definition) is 1. The van der Waals surface area contributed by atoms with Crippen LogP contribution in [0.1, 0.15) is 42.8 Å². The van der Waals surface area contributed by atoms with Crippen LogP contribution in [0.4, 0.5) is 5.69 Å². The summed E-state index contributed by atoms with van der Waals surface area (Å²) in [6.07, 6.45) is 4.61. The molecule has 1 fully saturated rings. The molecule has 0 bridgehead atoms. The van der Waals surface area contributed by atoms with Crippen molar-refractivity contribution in [3.05, 3.63) is 58.4 Å². The van der Waals surface area contributed by atoms with E-state index >= 15 is 0 Å². The van der Waals surface area contributed by atoms with Gasteiger partial charge in [-0.15, -0.1) is 0 Å². The molecule has 0 saturated heterocycles. The average molecular weight is 387 g/mol. The Hall–Kier alpha value is -2.53. The molecular formula is C21H23ClN2O3. The summed E-state index contributed by atoms with van der Waals surface area (Å²) < 4.78 is 7.51. The van der Waals surface area contributed by atoms with Crippen molar-refractivity contribution < 1.29 is 14.3 Å². The van der Waals surface area contributed by atoms with Crippen molar-refractivity contribution in [2.75, 3.05) is 5.32 Å². The van der Waals surface area contributed by atoms with E-state index in [1.807, 2.05) is 0 Å². The lowest BCUT2D eigenvalue weighted by molar-refractivity contribution is -0.148. The van der Waals surface area contributed by atoms with Crippen molar-refractivity contribution in [1.29, 1.82) is 0 Å². The van der Waals surface area contributed by atoms with Crippen LogP contribution in [0.2, 0.25) is 5.02 Å². The number of carbonyl (C=O) groups is 2. The number of amides is 1. The van der Waals surface area contributed by atoms with Crippen molar-refractivity contribution in [1.82, 2.24) is 4.57 Å². The van der Waals surface area contributed by atoms with E-state index in [0.29, 0.717) is 16.8 Å². The van der Waals surface area contributed by atoms with Crippen molar-refractivity contribution in [2.24, 2.45) is 0 Å². The van der Waals surface area contributed by atoms with Crippen LogP contribution in [0.3, 0.4) is 0 Å². The van der Waals surface area contributed by atoms with Gasteiger partial charge in [-0.25, -0.2) is 4.79 Å². The van der Waals surface area contributed by atoms with E-state index in [0.717, 1.165) is 11.3 Å². The van der Waals surface area contributed by atoms with Crippen molar-refractivity contribution in [3.63, 3.8) is 0 Å². The summed E-state index contributed by atoms with van der Waals surface area (Å²) in [7, 11) is 0. The van der Waals surface area contributed by atoms with E-state index in [2.05, 4.69) is 29.8 Å². The Morgan fingerprint density at radius 2 is 2.04 bits per heavy atom. The molecule has 1 aromatic heterocycles. The number of nitrogens with one attached hydrogen (secondary N) is 1. The summed E-state index contributed by atoms with van der Waals surface area (Å²) in [5, 5.41) is 3.19. The van der Waals surface area contributed by atoms with Gasteiger partial charge in [-0.05, 0) is 69.5 Å². The molecule has 0 unspecified atom stereocenters. The van der Waals surface area contributed by atoms with Crippen LogP contribution in [0.25, 0.3) is 6.08 Å². The van der Waals surface area contributed by atoms with Crippen LogP contribution in [0.15, 0.2) is 36.4 Å². The number of benzene rings is 1. The Morgan fingerprint density at radius 1 is 1.30 bits per heavy atom. The Morgan fingerprint density at radius 3 is 2.70 bits per heavy atom. The van der Waals surface area contributed by atoms with Crippen LogP contribution in [-0.2, 0) is 14.3 Å². The third-order valence-corrected chi connectivity index (χ3v) is 4.82. The van der Waals surface area contributed by atoms with Crippen LogP contribution in [0.5, 0.6) is 0 Å². The van der Waals surface area contributed by atoms with Gasteiger partial charge < -0.3 is 14.6 Å². The number of nitrogens with zero attached hydrogens (tertiary/aromatic N) is 1. The van der Waals surface area contributed by atoms with Gasteiger partial charge in [0.1, 0.15) is 0 Å². The minimum atomic E-state index is -0.917. The molecule has 1 aliphatic rings. The Kier molecular flexibility index (Phi) is 5.71. The normalized spacial score (nSPS) is 15.0. The minimum Gasteiger partial charge on any atom is -0.449 e. The molecule has 6 heteroatoms. The van der Waals surface area contributed by atoms with E-state index in [1.54, 1.807) is 30.3 Å². The summed E-state index contributed by atoms with van der Waals surface area (Å²) >= 11 is 5.89. The van der Waals surface area contributed by atoms with Gasteiger partial charge >= 0.3 is 5.97 Å². The Labute approximate surface area is 164 Å². The first-order valence-corrected chi connectivity index (χ1v) is 9.36. The maximum Gasteiger partial charge on any atom is 0.331 e. The fourth-order valence-corrected chi connectivity index (χ4v) is 3.29. The standard InChI is InChI=1S/C21H23ClN2O3/c1-13-11-16(14(2)24(13)19-8-9-19)7-10-20(25)27-15(3)21(26)23-18-6-4-5-17(22)12-18/h4-7,10-12,15,19H,8-9H2,1-3H3,(H,23,26)/b10-7+/t15-/m1/s1. The van der Waals surface area contributed by atoms with Gasteiger partial charge in [0.2, 0.25) is 0 Å². The summed E-state index contributed by atoms with van der Waals surface area (Å²) in [5.41, 5.74) is 3.88. The highest BCUT2D eigenvalue weighted by atomic mass is 35.5. The predicted octanol–water partition coefficient (Wildman–Crippen LogP) is 4.68. The SMILES string of the molecule is Cc1cc(/C=C/C(=O)O[C@H](C)C(=O)Nc2cccc(Cl)c2)c(C)n1C1CC1. The average Bonchev–Trinajstić information content (AvgIpc) is 3.39. The quantitative estimate of drug-likeness (QED) is 0.579. The molecule has 1 saturated carbocycles. The van der Waals surface area contributed by atoms with E-state index < -0.39 is 18.0 Å². The highest BCUT2D eigenvalue weighted by Gasteiger charge is 2.26. The van der Waals surface area contributed by atoms with Crippen molar-refractivity contribution >= 4 is 35.2 Å². The van der Waals surface area contributed by atoms with E-state index in [4.69, 9.17) is 16.3 Å². The molecule has 1 N–H and O–H groups in total. The molecule has 0 radical (unpaired) electrons. The number of carbonyl (C=O) groups excluding carboxylic acids is 2. The third kappa shape index (κ3) is 4.80. The monoisotopic (exact) mass is 386 g/mol. The zero-order valence-electron chi connectivity index (χ0n) is 15.7. The van der Waals surface area contributed by atoms with Crippen LogP contribution >= 0.6 is 11.6 Å². The van der Waals surface area contributed by atoms with Crippen LogP contribution < -0.4 is 5.32 Å². The lowest BCUT2D eigenvalue weighted by Gasteiger charge is -2.12. The topological polar surface area (TPSA) is 60.3 Å². The number of hydrogen-bond acceptors (Lipinski definition) is 3. The number of anilines is 1. The summed E-state index contributed by atoms with van der Waals surface area (Å²) in [5.74, 6) is -0.967. The maximum absolute atomic E-state index is 12.2. The zero-order chi connectivity index (χ0) is 19.6. The van der Waals surface area contributed by atoms with E-state index in [9.17, 15) is 9.59 Å². The van der Waals surface area contributed by atoms with Gasteiger partial charge in [0.15, 0.2) is 6.10 Å². The minimum absolute atomic E-state index is 0.411. The van der Waals surface area contributed by atoms with Crippen LogP contribution in [0, 0.1) is 13.8 Å². The van der Waals surface area contributed by atoms with Gasteiger partial charge in [0.25, 0.3) is 5.91 Å². The molecule has 1 amide bonds. The summed E-state index contributed by atoms with van der Waals surface area (Å²) in [6, 6.07) is 9.44. The molecule has 0 spiro atoms. The lowest BCUT2D eigenvalue weighted by atomic mass is 10.2. The molecule has 1 atom stereocenters. The molecule has 27 heavy (non-hydrogen) atoms. The lowest BCUT2D eigenvalue weighted by Crippen LogP contribution is -2.29. The highest BCUT2D eigenvalue weighted by Crippen LogP contribution is 2.38. The highest BCUT2D eigenvalue weighted by molar-refractivity contribution is 6.30. The largest absolute Gasteiger partial charge is 0.449 e. The Bertz CT molecular complexity index is 897. The second-order valence-corrected chi connectivity index (χ2v) is 7.28. The molecule has 1 aliphatic carbocycles. The van der Waals surface area contributed by atoms with Gasteiger partial charge in [0.05, 0.1) is 0 Å². The van der Waals surface area contributed by atoms with E-state index in [1.165, 1.54) is 31.5 Å². The Balaban J connectivity index is 1.57. The van der Waals surface area contributed by atoms with E-state index in [-0.39, 0.29) is 0 Å². The first-order valence-electron chi connectivity index (χ1n) is 8.98.